The Hall–Kier alpha value is -0.850. The molecule has 0 radical (unpaired) electrons. The molecule has 1 aromatic carbocycles. The highest BCUT2D eigenvalue weighted by Gasteiger charge is 2.09. The minimum Gasteiger partial charge on any atom is -0.363 e. The van der Waals surface area contributed by atoms with Crippen LogP contribution in [0.2, 0.25) is 5.02 Å². The predicted octanol–water partition coefficient (Wildman–Crippen LogP) is 3.66. The standard InChI is InChI=1S/C10H9ClFN3S2/c1-13-9-14-15-10(17-9)16-5-6-7(11)3-2-4-8(6)12/h2-4H,5H2,1H3,(H,13,14). The average Bonchev–Trinajstić information content (AvgIpc) is 2.76. The van der Waals surface area contributed by atoms with E-state index < -0.39 is 0 Å². The molecule has 0 bridgehead atoms. The van der Waals surface area contributed by atoms with Gasteiger partial charge in [0.15, 0.2) is 4.34 Å². The quantitative estimate of drug-likeness (QED) is 0.872. The molecule has 3 nitrogen and oxygen atoms in total. The number of anilines is 1. The molecule has 0 atom stereocenters. The van der Waals surface area contributed by atoms with Crippen LogP contribution in [0.3, 0.4) is 0 Å². The molecule has 0 amide bonds. The Morgan fingerprint density at radius 2 is 2.29 bits per heavy atom. The molecule has 0 saturated heterocycles. The zero-order valence-electron chi connectivity index (χ0n) is 8.91. The van der Waals surface area contributed by atoms with Crippen LogP contribution < -0.4 is 5.32 Å². The maximum Gasteiger partial charge on any atom is 0.206 e. The number of thioether (sulfide) groups is 1. The third-order valence-corrected chi connectivity index (χ3v) is 4.48. The smallest absolute Gasteiger partial charge is 0.206 e. The molecule has 1 aromatic heterocycles. The number of hydrogen-bond donors (Lipinski definition) is 1. The molecule has 0 spiro atoms. The SMILES string of the molecule is CNc1nnc(SCc2c(F)cccc2Cl)s1. The highest BCUT2D eigenvalue weighted by atomic mass is 35.5. The van der Waals surface area contributed by atoms with E-state index >= 15 is 0 Å². The third-order valence-electron chi connectivity index (χ3n) is 2.02. The van der Waals surface area contributed by atoms with Gasteiger partial charge in [-0.25, -0.2) is 4.39 Å². The molecule has 17 heavy (non-hydrogen) atoms. The van der Waals surface area contributed by atoms with Crippen molar-refractivity contribution in [1.29, 1.82) is 0 Å². The van der Waals surface area contributed by atoms with Gasteiger partial charge in [0.25, 0.3) is 0 Å². The summed E-state index contributed by atoms with van der Waals surface area (Å²) in [6.45, 7) is 0. The Bertz CT molecular complexity index is 498. The van der Waals surface area contributed by atoms with Crippen molar-refractivity contribution in [3.8, 4) is 0 Å². The first-order chi connectivity index (χ1) is 8.20. The number of rotatable bonds is 4. The molecule has 0 aliphatic heterocycles. The van der Waals surface area contributed by atoms with Crippen LogP contribution in [-0.2, 0) is 5.75 Å². The highest BCUT2D eigenvalue weighted by Crippen LogP contribution is 2.31. The van der Waals surface area contributed by atoms with Crippen LogP contribution >= 0.6 is 34.7 Å². The lowest BCUT2D eigenvalue weighted by atomic mass is 10.2. The van der Waals surface area contributed by atoms with Gasteiger partial charge in [-0.05, 0) is 12.1 Å². The Kier molecular flexibility index (Phi) is 4.20. The van der Waals surface area contributed by atoms with Crippen molar-refractivity contribution in [1.82, 2.24) is 10.2 Å². The summed E-state index contributed by atoms with van der Waals surface area (Å²) in [7, 11) is 1.78. The maximum absolute atomic E-state index is 13.5. The average molecular weight is 290 g/mol. The van der Waals surface area contributed by atoms with Crippen LogP contribution in [0.15, 0.2) is 22.5 Å². The Balaban J connectivity index is 2.07. The van der Waals surface area contributed by atoms with Crippen molar-refractivity contribution in [2.45, 2.75) is 10.1 Å². The summed E-state index contributed by atoms with van der Waals surface area (Å²) in [5.74, 6) is 0.160. The zero-order chi connectivity index (χ0) is 12.3. The van der Waals surface area contributed by atoms with Crippen molar-refractivity contribution in [2.24, 2.45) is 0 Å². The molecule has 7 heteroatoms. The highest BCUT2D eigenvalue weighted by molar-refractivity contribution is 8.00. The number of halogens is 2. The van der Waals surface area contributed by atoms with Gasteiger partial charge in [-0.1, -0.05) is 40.8 Å². The van der Waals surface area contributed by atoms with E-state index in [1.165, 1.54) is 29.2 Å². The molecule has 2 aromatic rings. The molecule has 1 N–H and O–H groups in total. The van der Waals surface area contributed by atoms with Crippen molar-refractivity contribution < 1.29 is 4.39 Å². The fraction of sp³-hybridized carbons (Fsp3) is 0.200. The molecule has 1 heterocycles. The van der Waals surface area contributed by atoms with E-state index in [9.17, 15) is 4.39 Å². The third kappa shape index (κ3) is 3.08. The van der Waals surface area contributed by atoms with Crippen molar-refractivity contribution in [3.05, 3.63) is 34.6 Å². The van der Waals surface area contributed by atoms with Gasteiger partial charge in [0.1, 0.15) is 5.82 Å². The van der Waals surface area contributed by atoms with Crippen molar-refractivity contribution in [2.75, 3.05) is 12.4 Å². The van der Waals surface area contributed by atoms with E-state index in [2.05, 4.69) is 15.5 Å². The first kappa shape index (κ1) is 12.6. The minimum atomic E-state index is -0.289. The van der Waals surface area contributed by atoms with Gasteiger partial charge in [-0.15, -0.1) is 10.2 Å². The second-order valence-corrected chi connectivity index (χ2v) is 5.72. The van der Waals surface area contributed by atoms with E-state index in [0.717, 1.165) is 9.47 Å². The molecule has 0 aliphatic carbocycles. The molecular formula is C10H9ClFN3S2. The Morgan fingerprint density at radius 3 is 2.94 bits per heavy atom. The largest absolute Gasteiger partial charge is 0.363 e. The predicted molar refractivity (Wildman–Crippen MR) is 70.4 cm³/mol. The lowest BCUT2D eigenvalue weighted by molar-refractivity contribution is 0.617. The van der Waals surface area contributed by atoms with Crippen LogP contribution in [0.4, 0.5) is 9.52 Å². The first-order valence-electron chi connectivity index (χ1n) is 4.77. The fourth-order valence-electron chi connectivity index (χ4n) is 1.17. The monoisotopic (exact) mass is 289 g/mol. The molecule has 0 aliphatic rings. The topological polar surface area (TPSA) is 37.8 Å². The Morgan fingerprint density at radius 1 is 1.47 bits per heavy atom. The minimum absolute atomic E-state index is 0.289. The lowest BCUT2D eigenvalue weighted by Crippen LogP contribution is -1.88. The van der Waals surface area contributed by atoms with E-state index in [1.54, 1.807) is 19.2 Å². The summed E-state index contributed by atoms with van der Waals surface area (Å²) in [6, 6.07) is 4.68. The summed E-state index contributed by atoms with van der Waals surface area (Å²) in [5.41, 5.74) is 0.500. The normalized spacial score (nSPS) is 10.5. The van der Waals surface area contributed by atoms with Crippen LogP contribution in [0.1, 0.15) is 5.56 Å². The van der Waals surface area contributed by atoms with E-state index in [0.29, 0.717) is 16.3 Å². The number of nitrogens with one attached hydrogen (secondary N) is 1. The van der Waals surface area contributed by atoms with E-state index in [4.69, 9.17) is 11.6 Å². The summed E-state index contributed by atoms with van der Waals surface area (Å²) < 4.78 is 14.3. The van der Waals surface area contributed by atoms with Crippen molar-refractivity contribution in [3.63, 3.8) is 0 Å². The number of benzene rings is 1. The molecule has 90 valence electrons. The van der Waals surface area contributed by atoms with E-state index in [1.807, 2.05) is 0 Å². The van der Waals surface area contributed by atoms with Crippen molar-refractivity contribution >= 4 is 39.8 Å². The summed E-state index contributed by atoms with van der Waals surface area (Å²) >= 11 is 8.78. The van der Waals surface area contributed by atoms with Gasteiger partial charge < -0.3 is 5.32 Å². The molecular weight excluding hydrogens is 281 g/mol. The Labute approximate surface area is 111 Å². The van der Waals surface area contributed by atoms with Crippen LogP contribution in [0, 0.1) is 5.82 Å². The fourth-order valence-corrected chi connectivity index (χ4v) is 3.22. The number of hydrogen-bond acceptors (Lipinski definition) is 5. The number of nitrogens with zero attached hydrogens (tertiary/aromatic N) is 2. The molecule has 0 saturated carbocycles. The van der Waals surface area contributed by atoms with Gasteiger partial charge in [0.05, 0.1) is 0 Å². The first-order valence-corrected chi connectivity index (χ1v) is 6.95. The summed E-state index contributed by atoms with van der Waals surface area (Å²) in [6.07, 6.45) is 0. The molecule has 2 rings (SSSR count). The summed E-state index contributed by atoms with van der Waals surface area (Å²) in [5, 5.41) is 11.9. The van der Waals surface area contributed by atoms with Crippen LogP contribution in [-0.4, -0.2) is 17.2 Å². The van der Waals surface area contributed by atoms with Gasteiger partial charge in [0.2, 0.25) is 5.13 Å². The zero-order valence-corrected chi connectivity index (χ0v) is 11.3. The van der Waals surface area contributed by atoms with Gasteiger partial charge in [0, 0.05) is 23.4 Å². The van der Waals surface area contributed by atoms with Crippen LogP contribution in [0.5, 0.6) is 0 Å². The molecule has 0 fully saturated rings. The van der Waals surface area contributed by atoms with E-state index in [-0.39, 0.29) is 5.82 Å². The lowest BCUT2D eigenvalue weighted by Gasteiger charge is -2.03. The molecule has 0 unspecified atom stereocenters. The number of aromatic nitrogens is 2. The second kappa shape index (κ2) is 5.66. The van der Waals surface area contributed by atoms with Gasteiger partial charge in [-0.2, -0.15) is 0 Å². The van der Waals surface area contributed by atoms with Gasteiger partial charge in [-0.3, -0.25) is 0 Å². The van der Waals surface area contributed by atoms with Gasteiger partial charge >= 0.3 is 0 Å². The maximum atomic E-state index is 13.5. The second-order valence-electron chi connectivity index (χ2n) is 3.11. The van der Waals surface area contributed by atoms with Crippen LogP contribution in [0.25, 0.3) is 0 Å². The summed E-state index contributed by atoms with van der Waals surface area (Å²) in [4.78, 5) is 0.